The van der Waals surface area contributed by atoms with Crippen molar-refractivity contribution >= 4 is 15.9 Å². The summed E-state index contributed by atoms with van der Waals surface area (Å²) in [6.07, 6.45) is 4.70. The third kappa shape index (κ3) is 2.31. The minimum absolute atomic E-state index is 0.0706. The van der Waals surface area contributed by atoms with Crippen molar-refractivity contribution in [3.05, 3.63) is 42.1 Å². The van der Waals surface area contributed by atoms with E-state index in [1.54, 1.807) is 6.07 Å². The second-order valence-corrected chi connectivity index (χ2v) is 4.44. The van der Waals surface area contributed by atoms with Crippen LogP contribution < -0.4 is 0 Å². The molecule has 1 aliphatic rings. The molecular weight excluding hydrogens is 231 g/mol. The quantitative estimate of drug-likeness (QED) is 0.705. The topological polar surface area (TPSA) is 0 Å². The Labute approximate surface area is 86.3 Å². The Balaban J connectivity index is 2.09. The van der Waals surface area contributed by atoms with E-state index in [0.29, 0.717) is 5.92 Å². The van der Waals surface area contributed by atoms with E-state index in [2.05, 4.69) is 22.4 Å². The van der Waals surface area contributed by atoms with Crippen molar-refractivity contribution in [2.45, 2.75) is 17.7 Å². The maximum absolute atomic E-state index is 13.3. The lowest BCUT2D eigenvalue weighted by Gasteiger charge is -2.09. The molecule has 1 saturated carbocycles. The summed E-state index contributed by atoms with van der Waals surface area (Å²) < 4.78 is 13.3. The molecule has 1 atom stereocenters. The zero-order chi connectivity index (χ0) is 9.26. The van der Waals surface area contributed by atoms with Crippen LogP contribution in [0.15, 0.2) is 24.3 Å². The van der Waals surface area contributed by atoms with E-state index in [1.807, 2.05) is 12.1 Å². The summed E-state index contributed by atoms with van der Waals surface area (Å²) in [5.74, 6) is 0.574. The van der Waals surface area contributed by atoms with Crippen LogP contribution in [0.4, 0.5) is 4.39 Å². The molecule has 0 N–H and O–H groups in total. The Bertz CT molecular complexity index is 294. The van der Waals surface area contributed by atoms with Crippen molar-refractivity contribution in [1.29, 1.82) is 0 Å². The van der Waals surface area contributed by atoms with Crippen LogP contribution in [-0.2, 0) is 0 Å². The molecule has 1 radical (unpaired) electrons. The van der Waals surface area contributed by atoms with Crippen molar-refractivity contribution in [2.24, 2.45) is 5.92 Å². The summed E-state index contributed by atoms with van der Waals surface area (Å²) >= 11 is 3.48. The molecule has 2 rings (SSSR count). The van der Waals surface area contributed by atoms with Gasteiger partial charge in [0.2, 0.25) is 0 Å². The third-order valence-corrected chi connectivity index (χ3v) is 3.06. The molecular formula is C11H11BrF. The van der Waals surface area contributed by atoms with Gasteiger partial charge in [0.05, 0.1) is 0 Å². The first kappa shape index (κ1) is 9.20. The van der Waals surface area contributed by atoms with E-state index < -0.39 is 0 Å². The Morgan fingerprint density at radius 2 is 2.08 bits per heavy atom. The number of halogens is 2. The second-order valence-electron chi connectivity index (χ2n) is 3.45. The van der Waals surface area contributed by atoms with Crippen LogP contribution in [-0.4, -0.2) is 0 Å². The molecule has 0 spiro atoms. The average molecular weight is 242 g/mol. The maximum Gasteiger partial charge on any atom is 0.127 e. The molecule has 0 nitrogen and oxygen atoms in total. The first-order valence-electron chi connectivity index (χ1n) is 4.51. The van der Waals surface area contributed by atoms with E-state index in [1.165, 1.54) is 18.9 Å². The summed E-state index contributed by atoms with van der Waals surface area (Å²) in [7, 11) is 0. The van der Waals surface area contributed by atoms with Crippen LogP contribution in [0.25, 0.3) is 0 Å². The highest BCUT2D eigenvalue weighted by Crippen LogP contribution is 2.40. The van der Waals surface area contributed by atoms with Gasteiger partial charge < -0.3 is 0 Å². The van der Waals surface area contributed by atoms with E-state index in [0.717, 1.165) is 5.56 Å². The number of rotatable bonds is 3. The van der Waals surface area contributed by atoms with Crippen LogP contribution in [0.2, 0.25) is 0 Å². The fraction of sp³-hybridized carbons (Fsp3) is 0.364. The van der Waals surface area contributed by atoms with Gasteiger partial charge in [-0.2, -0.15) is 0 Å². The van der Waals surface area contributed by atoms with Gasteiger partial charge in [0.1, 0.15) is 5.82 Å². The Kier molecular flexibility index (Phi) is 2.68. The average Bonchev–Trinajstić information content (AvgIpc) is 2.89. The lowest BCUT2D eigenvalue weighted by molar-refractivity contribution is 0.611. The number of alkyl halides is 1. The predicted octanol–water partition coefficient (Wildman–Crippen LogP) is 3.88. The molecule has 0 bridgehead atoms. The number of hydrogen-bond acceptors (Lipinski definition) is 0. The zero-order valence-electron chi connectivity index (χ0n) is 7.21. The van der Waals surface area contributed by atoms with Crippen LogP contribution in [0.3, 0.4) is 0 Å². The molecule has 13 heavy (non-hydrogen) atoms. The van der Waals surface area contributed by atoms with Crippen LogP contribution in [0.5, 0.6) is 0 Å². The molecule has 0 aliphatic heterocycles. The zero-order valence-corrected chi connectivity index (χ0v) is 8.80. The molecule has 2 heteroatoms. The van der Waals surface area contributed by atoms with E-state index in [9.17, 15) is 4.39 Å². The largest absolute Gasteiger partial charge is 0.207 e. The van der Waals surface area contributed by atoms with E-state index in [4.69, 9.17) is 0 Å². The van der Waals surface area contributed by atoms with Crippen molar-refractivity contribution in [1.82, 2.24) is 0 Å². The van der Waals surface area contributed by atoms with Crippen LogP contribution in [0.1, 0.15) is 23.2 Å². The molecule has 0 heterocycles. The van der Waals surface area contributed by atoms with E-state index >= 15 is 0 Å². The summed E-state index contributed by atoms with van der Waals surface area (Å²) in [6, 6.07) is 6.92. The molecule has 69 valence electrons. The molecule has 1 aromatic rings. The summed E-state index contributed by atoms with van der Waals surface area (Å²) in [5.41, 5.74) is 0.745. The summed E-state index contributed by atoms with van der Waals surface area (Å²) in [6.45, 7) is 0. The first-order chi connectivity index (χ1) is 6.27. The predicted molar refractivity (Wildman–Crippen MR) is 55.1 cm³/mol. The highest BCUT2D eigenvalue weighted by Gasteiger charge is 2.26. The lowest BCUT2D eigenvalue weighted by atomic mass is 10.1. The molecule has 1 aliphatic carbocycles. The number of hydrogen-bond donors (Lipinski definition) is 0. The Morgan fingerprint density at radius 3 is 2.69 bits per heavy atom. The lowest BCUT2D eigenvalue weighted by Crippen LogP contribution is -1.95. The highest BCUT2D eigenvalue weighted by molar-refractivity contribution is 9.09. The fourth-order valence-electron chi connectivity index (χ4n) is 1.33. The summed E-state index contributed by atoms with van der Waals surface area (Å²) in [5, 5.41) is 0. The van der Waals surface area contributed by atoms with Gasteiger partial charge in [0, 0.05) is 10.4 Å². The van der Waals surface area contributed by atoms with Crippen LogP contribution in [0, 0.1) is 18.2 Å². The van der Waals surface area contributed by atoms with Gasteiger partial charge in [-0.05, 0) is 31.2 Å². The van der Waals surface area contributed by atoms with Gasteiger partial charge in [-0.1, -0.05) is 34.1 Å². The van der Waals surface area contributed by atoms with Crippen molar-refractivity contribution < 1.29 is 4.39 Å². The minimum atomic E-state index is -0.124. The molecule has 1 aromatic carbocycles. The SMILES string of the molecule is Fc1ccccc1C(Br)[CH]C1CC1. The molecule has 1 unspecified atom stereocenters. The molecule has 1 fully saturated rings. The van der Waals surface area contributed by atoms with Gasteiger partial charge in [-0.15, -0.1) is 0 Å². The van der Waals surface area contributed by atoms with E-state index in [-0.39, 0.29) is 10.6 Å². The number of benzene rings is 1. The van der Waals surface area contributed by atoms with Gasteiger partial charge >= 0.3 is 0 Å². The second kappa shape index (κ2) is 3.79. The summed E-state index contributed by atoms with van der Waals surface area (Å²) in [4.78, 5) is 0.0706. The molecule has 0 aromatic heterocycles. The van der Waals surface area contributed by atoms with Crippen molar-refractivity contribution in [3.8, 4) is 0 Å². The third-order valence-electron chi connectivity index (χ3n) is 2.27. The fourth-order valence-corrected chi connectivity index (χ4v) is 2.13. The maximum atomic E-state index is 13.3. The van der Waals surface area contributed by atoms with Crippen molar-refractivity contribution in [3.63, 3.8) is 0 Å². The van der Waals surface area contributed by atoms with Crippen molar-refractivity contribution in [2.75, 3.05) is 0 Å². The normalized spacial score (nSPS) is 18.6. The minimum Gasteiger partial charge on any atom is -0.207 e. The first-order valence-corrected chi connectivity index (χ1v) is 5.42. The van der Waals surface area contributed by atoms with Gasteiger partial charge in [0.25, 0.3) is 0 Å². The Morgan fingerprint density at radius 1 is 1.38 bits per heavy atom. The van der Waals surface area contributed by atoms with Gasteiger partial charge in [-0.25, -0.2) is 4.39 Å². The smallest absolute Gasteiger partial charge is 0.127 e. The Hall–Kier alpha value is -0.370. The van der Waals surface area contributed by atoms with Gasteiger partial charge in [0.15, 0.2) is 0 Å². The molecule has 0 amide bonds. The van der Waals surface area contributed by atoms with Gasteiger partial charge in [-0.3, -0.25) is 0 Å². The standard InChI is InChI=1S/C11H11BrF/c12-10(7-8-5-6-8)9-3-1-2-4-11(9)13/h1-4,7-8,10H,5-6H2. The van der Waals surface area contributed by atoms with Crippen LogP contribution >= 0.6 is 15.9 Å². The monoisotopic (exact) mass is 241 g/mol. The highest BCUT2D eigenvalue weighted by atomic mass is 79.9. The molecule has 0 saturated heterocycles.